The molecule has 1 rings (SSSR count). The average molecular weight is 206 g/mol. The number of aliphatic hydroxyl groups excluding tert-OH is 1. The number of aliphatic hydroxyl groups is 1. The van der Waals surface area contributed by atoms with Crippen molar-refractivity contribution in [2.75, 3.05) is 31.8 Å². The molecule has 1 aliphatic heterocycles. The van der Waals surface area contributed by atoms with Crippen LogP contribution in [0, 0.1) is 0 Å². The molecular formula is C7H14N2OS2. The third kappa shape index (κ3) is 2.32. The van der Waals surface area contributed by atoms with E-state index >= 15 is 0 Å². The van der Waals surface area contributed by atoms with Gasteiger partial charge < -0.3 is 15.3 Å². The first kappa shape index (κ1) is 10.2. The first-order chi connectivity index (χ1) is 5.79. The Balaban J connectivity index is 2.43. The highest BCUT2D eigenvalue weighted by Crippen LogP contribution is 2.20. The number of likely N-dealkylation sites (N-methyl/N-ethyl adjacent to an activating group) is 1. The number of thiocarbonyl (C=S) groups is 1. The summed E-state index contributed by atoms with van der Waals surface area (Å²) in [7, 11) is 1.88. The molecule has 12 heavy (non-hydrogen) atoms. The maximum Gasteiger partial charge on any atom is 0.0930 e. The minimum absolute atomic E-state index is 0.205. The van der Waals surface area contributed by atoms with Crippen molar-refractivity contribution in [3.8, 4) is 0 Å². The molecule has 1 heterocycles. The fourth-order valence-corrected chi connectivity index (χ4v) is 2.83. The molecule has 70 valence electrons. The van der Waals surface area contributed by atoms with Gasteiger partial charge in [0.25, 0.3) is 0 Å². The molecule has 2 N–H and O–H groups in total. The molecule has 0 aromatic carbocycles. The standard InChI is InChI=1S/C7H14N2OS2/c1-8-2-7(11)9-5-12-4-6(9)3-10/h6,8,10H,2-5H2,1H3. The summed E-state index contributed by atoms with van der Waals surface area (Å²) in [6.07, 6.45) is 0. The van der Waals surface area contributed by atoms with Gasteiger partial charge >= 0.3 is 0 Å². The highest BCUT2D eigenvalue weighted by atomic mass is 32.2. The molecular weight excluding hydrogens is 192 g/mol. The molecule has 0 aliphatic carbocycles. The van der Waals surface area contributed by atoms with E-state index in [9.17, 15) is 0 Å². The third-order valence-electron chi connectivity index (χ3n) is 1.84. The quantitative estimate of drug-likeness (QED) is 0.631. The number of nitrogens with zero attached hydrogens (tertiary/aromatic N) is 1. The number of rotatable bonds is 3. The van der Waals surface area contributed by atoms with Crippen LogP contribution in [0.5, 0.6) is 0 Å². The molecule has 1 aliphatic rings. The number of nitrogens with one attached hydrogen (secondary N) is 1. The van der Waals surface area contributed by atoms with E-state index in [-0.39, 0.29) is 12.6 Å². The Morgan fingerprint density at radius 3 is 3.17 bits per heavy atom. The number of hydrogen-bond donors (Lipinski definition) is 2. The monoisotopic (exact) mass is 206 g/mol. The smallest absolute Gasteiger partial charge is 0.0930 e. The van der Waals surface area contributed by atoms with Crippen LogP contribution in [0.4, 0.5) is 0 Å². The molecule has 0 saturated carbocycles. The molecule has 0 aromatic heterocycles. The Bertz CT molecular complexity index is 165. The van der Waals surface area contributed by atoms with Crippen molar-refractivity contribution >= 4 is 29.0 Å². The predicted octanol–water partition coefficient (Wildman–Crippen LogP) is -0.0996. The molecule has 1 atom stereocenters. The van der Waals surface area contributed by atoms with Gasteiger partial charge in [-0.05, 0) is 7.05 Å². The molecule has 1 fully saturated rings. The number of hydrogen-bond acceptors (Lipinski definition) is 4. The van der Waals surface area contributed by atoms with Gasteiger partial charge in [0.1, 0.15) is 0 Å². The van der Waals surface area contributed by atoms with E-state index in [0.717, 1.165) is 23.2 Å². The van der Waals surface area contributed by atoms with E-state index in [1.54, 1.807) is 0 Å². The van der Waals surface area contributed by atoms with Crippen molar-refractivity contribution in [3.63, 3.8) is 0 Å². The highest BCUT2D eigenvalue weighted by Gasteiger charge is 2.25. The lowest BCUT2D eigenvalue weighted by Gasteiger charge is -2.24. The minimum Gasteiger partial charge on any atom is -0.394 e. The van der Waals surface area contributed by atoms with Crippen molar-refractivity contribution in [2.45, 2.75) is 6.04 Å². The summed E-state index contributed by atoms with van der Waals surface area (Å²) in [5.74, 6) is 1.91. The molecule has 0 bridgehead atoms. The van der Waals surface area contributed by atoms with Gasteiger partial charge in [-0.2, -0.15) is 0 Å². The average Bonchev–Trinajstić information content (AvgIpc) is 2.51. The molecule has 0 radical (unpaired) electrons. The van der Waals surface area contributed by atoms with Gasteiger partial charge in [-0.1, -0.05) is 12.2 Å². The fraction of sp³-hybridized carbons (Fsp3) is 0.857. The van der Waals surface area contributed by atoms with E-state index < -0.39 is 0 Å². The van der Waals surface area contributed by atoms with Crippen LogP contribution in [-0.4, -0.2) is 52.9 Å². The first-order valence-corrected chi connectivity index (χ1v) is 5.48. The summed E-state index contributed by atoms with van der Waals surface area (Å²) in [6, 6.07) is 0.232. The molecule has 0 spiro atoms. The van der Waals surface area contributed by atoms with Crippen molar-refractivity contribution in [2.24, 2.45) is 0 Å². The van der Waals surface area contributed by atoms with Gasteiger partial charge in [-0.15, -0.1) is 11.8 Å². The molecule has 0 amide bonds. The Kier molecular flexibility index (Phi) is 4.28. The van der Waals surface area contributed by atoms with Crippen molar-refractivity contribution < 1.29 is 5.11 Å². The van der Waals surface area contributed by atoms with Crippen molar-refractivity contribution in [1.82, 2.24) is 10.2 Å². The van der Waals surface area contributed by atoms with Crippen LogP contribution < -0.4 is 5.32 Å². The van der Waals surface area contributed by atoms with Crippen LogP contribution in [0.25, 0.3) is 0 Å². The SMILES string of the molecule is CNCC(=S)N1CSCC1CO. The summed E-state index contributed by atoms with van der Waals surface area (Å²) in [5.41, 5.74) is 0. The van der Waals surface area contributed by atoms with Gasteiger partial charge in [0, 0.05) is 12.3 Å². The van der Waals surface area contributed by atoms with E-state index in [4.69, 9.17) is 17.3 Å². The number of thioether (sulfide) groups is 1. The lowest BCUT2D eigenvalue weighted by atomic mass is 10.3. The van der Waals surface area contributed by atoms with E-state index in [1.807, 2.05) is 18.8 Å². The zero-order chi connectivity index (χ0) is 8.97. The Hall–Kier alpha value is 0.160. The second-order valence-electron chi connectivity index (χ2n) is 2.73. The van der Waals surface area contributed by atoms with Crippen LogP contribution in [0.15, 0.2) is 0 Å². The van der Waals surface area contributed by atoms with Gasteiger partial charge in [0.05, 0.1) is 23.5 Å². The maximum absolute atomic E-state index is 9.02. The topological polar surface area (TPSA) is 35.5 Å². The van der Waals surface area contributed by atoms with Gasteiger partial charge in [0.15, 0.2) is 0 Å². The lowest BCUT2D eigenvalue weighted by Crippen LogP contribution is -2.41. The molecule has 0 aromatic rings. The molecule has 1 saturated heterocycles. The molecule has 3 nitrogen and oxygen atoms in total. The van der Waals surface area contributed by atoms with E-state index in [2.05, 4.69) is 10.2 Å². The lowest BCUT2D eigenvalue weighted by molar-refractivity contribution is 0.215. The molecule has 1 unspecified atom stereocenters. The van der Waals surface area contributed by atoms with Crippen molar-refractivity contribution in [1.29, 1.82) is 0 Å². The fourth-order valence-electron chi connectivity index (χ4n) is 1.16. The van der Waals surface area contributed by atoms with Crippen LogP contribution in [0.3, 0.4) is 0 Å². The van der Waals surface area contributed by atoms with Crippen LogP contribution >= 0.6 is 24.0 Å². The Morgan fingerprint density at radius 1 is 1.83 bits per heavy atom. The Labute approximate surface area is 82.5 Å². The molecule has 5 heteroatoms. The summed E-state index contributed by atoms with van der Waals surface area (Å²) in [6.45, 7) is 0.934. The Morgan fingerprint density at radius 2 is 2.58 bits per heavy atom. The van der Waals surface area contributed by atoms with Crippen LogP contribution in [0.2, 0.25) is 0 Å². The minimum atomic E-state index is 0.205. The van der Waals surface area contributed by atoms with Crippen molar-refractivity contribution in [3.05, 3.63) is 0 Å². The zero-order valence-corrected chi connectivity index (χ0v) is 8.75. The van der Waals surface area contributed by atoms with Gasteiger partial charge in [-0.25, -0.2) is 0 Å². The first-order valence-electron chi connectivity index (χ1n) is 3.92. The third-order valence-corrected chi connectivity index (χ3v) is 3.30. The highest BCUT2D eigenvalue weighted by molar-refractivity contribution is 7.99. The summed E-state index contributed by atoms with van der Waals surface area (Å²) >= 11 is 7.01. The van der Waals surface area contributed by atoms with E-state index in [0.29, 0.717) is 0 Å². The second-order valence-corrected chi connectivity index (χ2v) is 4.20. The van der Waals surface area contributed by atoms with Gasteiger partial charge in [0.2, 0.25) is 0 Å². The summed E-state index contributed by atoms with van der Waals surface area (Å²) in [5, 5.41) is 12.0. The summed E-state index contributed by atoms with van der Waals surface area (Å²) < 4.78 is 0. The second kappa shape index (κ2) is 5.01. The zero-order valence-electron chi connectivity index (χ0n) is 7.12. The van der Waals surface area contributed by atoms with Crippen LogP contribution in [0.1, 0.15) is 0 Å². The summed E-state index contributed by atoms with van der Waals surface area (Å²) in [4.78, 5) is 3.00. The van der Waals surface area contributed by atoms with Crippen LogP contribution in [-0.2, 0) is 0 Å². The van der Waals surface area contributed by atoms with Gasteiger partial charge in [-0.3, -0.25) is 0 Å². The van der Waals surface area contributed by atoms with E-state index in [1.165, 1.54) is 0 Å². The largest absolute Gasteiger partial charge is 0.394 e. The normalized spacial score (nSPS) is 23.2. The predicted molar refractivity (Wildman–Crippen MR) is 56.6 cm³/mol. The maximum atomic E-state index is 9.02.